The van der Waals surface area contributed by atoms with Gasteiger partial charge in [0.05, 0.1) is 6.61 Å². The lowest BCUT2D eigenvalue weighted by molar-refractivity contribution is 0.298. The average molecular weight is 203 g/mol. The Morgan fingerprint density at radius 2 is 2.23 bits per heavy atom. The van der Waals surface area contributed by atoms with Crippen LogP contribution < -0.4 is 5.73 Å². The molecule has 1 aliphatic rings. The largest absolute Gasteiger partial charge is 0.395 e. The van der Waals surface area contributed by atoms with Crippen molar-refractivity contribution in [1.82, 2.24) is 0 Å². The molecule has 3 N–H and O–H groups in total. The summed E-state index contributed by atoms with van der Waals surface area (Å²) < 4.78 is 0. The van der Waals surface area contributed by atoms with Crippen LogP contribution in [0, 0.1) is 5.92 Å². The van der Waals surface area contributed by atoms with Crippen molar-refractivity contribution < 1.29 is 5.11 Å². The van der Waals surface area contributed by atoms with Crippen LogP contribution in [0.15, 0.2) is 0 Å². The SMILES string of the molecule is CC1CCC(N)C(SC(C)CO)C1. The molecular formula is C10H21NOS. The van der Waals surface area contributed by atoms with E-state index in [0.717, 1.165) is 12.3 Å². The van der Waals surface area contributed by atoms with Crippen molar-refractivity contribution in [1.29, 1.82) is 0 Å². The van der Waals surface area contributed by atoms with Crippen LogP contribution in [0.4, 0.5) is 0 Å². The van der Waals surface area contributed by atoms with Gasteiger partial charge in [-0.25, -0.2) is 0 Å². The molecule has 1 fully saturated rings. The van der Waals surface area contributed by atoms with Crippen LogP contribution in [-0.4, -0.2) is 28.3 Å². The molecule has 2 nitrogen and oxygen atoms in total. The topological polar surface area (TPSA) is 46.2 Å². The van der Waals surface area contributed by atoms with Gasteiger partial charge in [-0.1, -0.05) is 13.8 Å². The number of hydrogen-bond acceptors (Lipinski definition) is 3. The molecule has 0 radical (unpaired) electrons. The van der Waals surface area contributed by atoms with Crippen LogP contribution in [-0.2, 0) is 0 Å². The standard InChI is InChI=1S/C10H21NOS/c1-7-3-4-9(11)10(5-7)13-8(2)6-12/h7-10,12H,3-6,11H2,1-2H3. The van der Waals surface area contributed by atoms with Crippen molar-refractivity contribution in [2.24, 2.45) is 11.7 Å². The van der Waals surface area contributed by atoms with E-state index >= 15 is 0 Å². The molecule has 0 amide bonds. The summed E-state index contributed by atoms with van der Waals surface area (Å²) in [5, 5.41) is 9.85. The highest BCUT2D eigenvalue weighted by Crippen LogP contribution is 2.33. The van der Waals surface area contributed by atoms with Gasteiger partial charge in [0.25, 0.3) is 0 Å². The van der Waals surface area contributed by atoms with E-state index in [4.69, 9.17) is 10.8 Å². The third-order valence-electron chi connectivity index (χ3n) is 2.77. The number of aliphatic hydroxyl groups is 1. The van der Waals surface area contributed by atoms with Crippen molar-refractivity contribution in [3.8, 4) is 0 Å². The van der Waals surface area contributed by atoms with Gasteiger partial charge in [0.1, 0.15) is 0 Å². The van der Waals surface area contributed by atoms with E-state index in [-0.39, 0.29) is 6.61 Å². The first-order chi connectivity index (χ1) is 6.13. The maximum Gasteiger partial charge on any atom is 0.0547 e. The van der Waals surface area contributed by atoms with Crippen molar-refractivity contribution in [3.05, 3.63) is 0 Å². The van der Waals surface area contributed by atoms with Gasteiger partial charge in [-0.05, 0) is 25.2 Å². The summed E-state index contributed by atoms with van der Waals surface area (Å²) in [6.07, 6.45) is 3.64. The lowest BCUT2D eigenvalue weighted by Gasteiger charge is -2.33. The molecule has 0 aromatic heterocycles. The minimum Gasteiger partial charge on any atom is -0.395 e. The van der Waals surface area contributed by atoms with Gasteiger partial charge in [-0.15, -0.1) is 0 Å². The molecule has 0 bridgehead atoms. The first-order valence-electron chi connectivity index (χ1n) is 5.15. The third-order valence-corrected chi connectivity index (χ3v) is 4.27. The molecule has 78 valence electrons. The maximum atomic E-state index is 8.96. The number of thioether (sulfide) groups is 1. The number of rotatable bonds is 3. The summed E-state index contributed by atoms with van der Waals surface area (Å²) >= 11 is 1.86. The smallest absolute Gasteiger partial charge is 0.0547 e. The van der Waals surface area contributed by atoms with Gasteiger partial charge in [0.2, 0.25) is 0 Å². The molecule has 0 aromatic carbocycles. The summed E-state index contributed by atoms with van der Waals surface area (Å²) in [4.78, 5) is 0. The predicted molar refractivity (Wildman–Crippen MR) is 58.9 cm³/mol. The molecule has 1 aliphatic carbocycles. The third kappa shape index (κ3) is 3.49. The fourth-order valence-corrected chi connectivity index (χ4v) is 3.31. The fourth-order valence-electron chi connectivity index (χ4n) is 1.85. The van der Waals surface area contributed by atoms with E-state index in [2.05, 4.69) is 13.8 Å². The van der Waals surface area contributed by atoms with Crippen LogP contribution in [0.2, 0.25) is 0 Å². The molecule has 1 rings (SSSR count). The van der Waals surface area contributed by atoms with E-state index in [1.807, 2.05) is 11.8 Å². The second-order valence-electron chi connectivity index (χ2n) is 4.25. The highest BCUT2D eigenvalue weighted by atomic mass is 32.2. The number of nitrogens with two attached hydrogens (primary N) is 1. The van der Waals surface area contributed by atoms with Crippen LogP contribution in [0.5, 0.6) is 0 Å². The van der Waals surface area contributed by atoms with Crippen LogP contribution in [0.1, 0.15) is 33.1 Å². The molecule has 0 aliphatic heterocycles. The van der Waals surface area contributed by atoms with Crippen LogP contribution >= 0.6 is 11.8 Å². The Morgan fingerprint density at radius 3 is 2.85 bits per heavy atom. The molecule has 1 saturated carbocycles. The van der Waals surface area contributed by atoms with Gasteiger partial charge < -0.3 is 10.8 Å². The Labute approximate surface area is 85.3 Å². The van der Waals surface area contributed by atoms with Gasteiger partial charge in [0, 0.05) is 16.5 Å². The van der Waals surface area contributed by atoms with E-state index in [9.17, 15) is 0 Å². The summed E-state index contributed by atoms with van der Waals surface area (Å²) in [5.41, 5.74) is 6.04. The summed E-state index contributed by atoms with van der Waals surface area (Å²) in [5.74, 6) is 0.809. The highest BCUT2D eigenvalue weighted by molar-refractivity contribution is 8.00. The molecule has 0 saturated heterocycles. The first-order valence-corrected chi connectivity index (χ1v) is 6.09. The van der Waals surface area contributed by atoms with Gasteiger partial charge in [-0.3, -0.25) is 0 Å². The van der Waals surface area contributed by atoms with Crippen LogP contribution in [0.3, 0.4) is 0 Å². The number of aliphatic hydroxyl groups excluding tert-OH is 1. The Kier molecular flexibility index (Phi) is 4.56. The Hall–Kier alpha value is 0.270. The lowest BCUT2D eigenvalue weighted by Crippen LogP contribution is -2.38. The fraction of sp³-hybridized carbons (Fsp3) is 1.00. The van der Waals surface area contributed by atoms with Gasteiger partial charge in [-0.2, -0.15) is 11.8 Å². The van der Waals surface area contributed by atoms with Crippen LogP contribution in [0.25, 0.3) is 0 Å². The first kappa shape index (κ1) is 11.3. The minimum absolute atomic E-state index is 0.266. The summed E-state index contributed by atoms with van der Waals surface area (Å²) in [7, 11) is 0. The van der Waals surface area contributed by atoms with E-state index in [0.29, 0.717) is 16.5 Å². The molecular weight excluding hydrogens is 182 g/mol. The molecule has 4 unspecified atom stereocenters. The maximum absolute atomic E-state index is 8.96. The normalized spacial score (nSPS) is 37.4. The second-order valence-corrected chi connectivity index (χ2v) is 5.93. The van der Waals surface area contributed by atoms with E-state index in [1.54, 1.807) is 0 Å². The molecule has 13 heavy (non-hydrogen) atoms. The van der Waals surface area contributed by atoms with Gasteiger partial charge in [0.15, 0.2) is 0 Å². The Balaban J connectivity index is 2.37. The zero-order valence-corrected chi connectivity index (χ0v) is 9.39. The zero-order chi connectivity index (χ0) is 9.84. The van der Waals surface area contributed by atoms with Crippen molar-refractivity contribution >= 4 is 11.8 Å². The Morgan fingerprint density at radius 1 is 1.54 bits per heavy atom. The molecule has 0 aromatic rings. The molecule has 4 atom stereocenters. The van der Waals surface area contributed by atoms with E-state index < -0.39 is 0 Å². The monoisotopic (exact) mass is 203 g/mol. The Bertz CT molecular complexity index is 154. The highest BCUT2D eigenvalue weighted by Gasteiger charge is 2.27. The molecule has 0 heterocycles. The quantitative estimate of drug-likeness (QED) is 0.732. The van der Waals surface area contributed by atoms with Crippen molar-refractivity contribution in [2.75, 3.05) is 6.61 Å². The molecule has 3 heteroatoms. The van der Waals surface area contributed by atoms with Crippen molar-refractivity contribution in [3.63, 3.8) is 0 Å². The predicted octanol–water partition coefficient (Wildman–Crippen LogP) is 1.62. The van der Waals surface area contributed by atoms with E-state index in [1.165, 1.54) is 12.8 Å². The average Bonchev–Trinajstić information content (AvgIpc) is 2.11. The summed E-state index contributed by atoms with van der Waals surface area (Å²) in [6.45, 7) is 4.63. The zero-order valence-electron chi connectivity index (χ0n) is 8.57. The summed E-state index contributed by atoms with van der Waals surface area (Å²) in [6, 6.07) is 0.343. The van der Waals surface area contributed by atoms with Gasteiger partial charge >= 0.3 is 0 Å². The minimum atomic E-state index is 0.266. The molecule has 0 spiro atoms. The lowest BCUT2D eigenvalue weighted by atomic mass is 9.87. The second kappa shape index (κ2) is 5.23. The van der Waals surface area contributed by atoms with Crippen molar-refractivity contribution in [2.45, 2.75) is 49.7 Å². The number of hydrogen-bond donors (Lipinski definition) is 2.